The van der Waals surface area contributed by atoms with Crippen LogP contribution in [0.2, 0.25) is 0 Å². The zero-order valence-electron chi connectivity index (χ0n) is 14.2. The van der Waals surface area contributed by atoms with Crippen molar-refractivity contribution < 1.29 is 5.11 Å². The minimum absolute atomic E-state index is 0.459. The predicted molar refractivity (Wildman–Crippen MR) is 97.9 cm³/mol. The molecule has 3 bridgehead atoms. The van der Waals surface area contributed by atoms with Gasteiger partial charge in [-0.15, -0.1) is 0 Å². The molecule has 3 aliphatic rings. The van der Waals surface area contributed by atoms with E-state index >= 15 is 0 Å². The van der Waals surface area contributed by atoms with Crippen molar-refractivity contribution in [3.63, 3.8) is 0 Å². The van der Waals surface area contributed by atoms with E-state index in [4.69, 9.17) is 0 Å². The minimum atomic E-state index is 0.459. The van der Waals surface area contributed by atoms with E-state index < -0.39 is 0 Å². The molecule has 3 fully saturated rings. The second-order valence-corrected chi connectivity index (χ2v) is 8.46. The average molecular weight is 321 g/mol. The molecule has 5 rings (SSSR count). The van der Waals surface area contributed by atoms with Gasteiger partial charge in [0, 0.05) is 23.5 Å². The number of phenols is 1. The summed E-state index contributed by atoms with van der Waals surface area (Å²) in [6, 6.07) is 13.0. The maximum atomic E-state index is 10.6. The maximum Gasteiger partial charge on any atom is 0.127 e. The average Bonchev–Trinajstić information content (AvgIpc) is 2.60. The monoisotopic (exact) mass is 321 g/mol. The van der Waals surface area contributed by atoms with Crippen LogP contribution in [0.1, 0.15) is 44.1 Å². The maximum absolute atomic E-state index is 10.6. The number of nitrogens with one attached hydrogen (secondary N) is 1. The number of rotatable bonds is 3. The minimum Gasteiger partial charge on any atom is -0.507 e. The van der Waals surface area contributed by atoms with Gasteiger partial charge in [0.15, 0.2) is 0 Å². The van der Waals surface area contributed by atoms with Gasteiger partial charge in [-0.05, 0) is 61.2 Å². The van der Waals surface area contributed by atoms with Crippen LogP contribution >= 0.6 is 0 Å². The molecule has 0 heterocycles. The molecule has 5 unspecified atom stereocenters. The fraction of sp³-hybridized carbons (Fsp3) is 0.545. The summed E-state index contributed by atoms with van der Waals surface area (Å²) in [5, 5.41) is 16.6. The van der Waals surface area contributed by atoms with E-state index in [0.29, 0.717) is 11.8 Å². The van der Waals surface area contributed by atoms with Crippen molar-refractivity contribution in [3.8, 4) is 5.75 Å². The SMILES string of the molecule is Oc1c(CNC2CC3CC4CCC2C(C4)C3)ccc2ccccc12. The molecule has 2 N–H and O–H groups in total. The number of phenolic OH excluding ortho intramolecular Hbond substituents is 1. The van der Waals surface area contributed by atoms with Crippen molar-refractivity contribution in [1.82, 2.24) is 5.32 Å². The van der Waals surface area contributed by atoms with Gasteiger partial charge in [0.25, 0.3) is 0 Å². The third-order valence-corrected chi connectivity index (χ3v) is 7.10. The molecule has 0 saturated heterocycles. The Morgan fingerprint density at radius 1 is 0.917 bits per heavy atom. The van der Waals surface area contributed by atoms with Crippen LogP contribution < -0.4 is 5.32 Å². The van der Waals surface area contributed by atoms with E-state index in [1.165, 1.54) is 38.5 Å². The summed E-state index contributed by atoms with van der Waals surface area (Å²) in [5.74, 6) is 4.29. The summed E-state index contributed by atoms with van der Waals surface area (Å²) in [4.78, 5) is 0. The van der Waals surface area contributed by atoms with Crippen molar-refractivity contribution >= 4 is 10.8 Å². The highest BCUT2D eigenvalue weighted by molar-refractivity contribution is 5.89. The topological polar surface area (TPSA) is 32.3 Å². The van der Waals surface area contributed by atoms with Gasteiger partial charge in [-0.3, -0.25) is 0 Å². The number of aromatic hydroxyl groups is 1. The molecular formula is C22H27NO. The van der Waals surface area contributed by atoms with Crippen molar-refractivity contribution in [2.75, 3.05) is 0 Å². The fourth-order valence-electron chi connectivity index (χ4n) is 6.04. The van der Waals surface area contributed by atoms with Gasteiger partial charge in [0.2, 0.25) is 0 Å². The first-order valence-corrected chi connectivity index (χ1v) is 9.71. The van der Waals surface area contributed by atoms with Gasteiger partial charge >= 0.3 is 0 Å². The highest BCUT2D eigenvalue weighted by Gasteiger charge is 2.45. The Morgan fingerprint density at radius 3 is 2.75 bits per heavy atom. The molecular weight excluding hydrogens is 294 g/mol. The van der Waals surface area contributed by atoms with Crippen LogP contribution in [0.15, 0.2) is 36.4 Å². The second kappa shape index (κ2) is 5.77. The van der Waals surface area contributed by atoms with E-state index in [-0.39, 0.29) is 0 Å². The van der Waals surface area contributed by atoms with Crippen LogP contribution in [0.3, 0.4) is 0 Å². The van der Waals surface area contributed by atoms with E-state index in [0.717, 1.165) is 46.6 Å². The summed E-state index contributed by atoms with van der Waals surface area (Å²) in [6.45, 7) is 0.792. The zero-order valence-corrected chi connectivity index (χ0v) is 14.2. The molecule has 2 heteroatoms. The lowest BCUT2D eigenvalue weighted by molar-refractivity contribution is 0.00603. The first-order valence-electron chi connectivity index (χ1n) is 9.71. The van der Waals surface area contributed by atoms with E-state index in [2.05, 4.69) is 23.5 Å². The number of benzene rings is 2. The Labute approximate surface area is 144 Å². The molecule has 2 nitrogen and oxygen atoms in total. The highest BCUT2D eigenvalue weighted by Crippen LogP contribution is 2.52. The Balaban J connectivity index is 1.35. The molecule has 2 aromatic rings. The number of fused-ring (bicyclic) bond motifs is 3. The molecule has 2 aromatic carbocycles. The molecule has 0 spiro atoms. The van der Waals surface area contributed by atoms with Crippen molar-refractivity contribution in [2.45, 2.75) is 51.1 Å². The summed E-state index contributed by atoms with van der Waals surface area (Å²) in [7, 11) is 0. The van der Waals surface area contributed by atoms with E-state index in [1.54, 1.807) is 0 Å². The van der Waals surface area contributed by atoms with Crippen LogP contribution in [0.5, 0.6) is 5.75 Å². The fourth-order valence-corrected chi connectivity index (χ4v) is 6.04. The Bertz CT molecular complexity index is 749. The smallest absolute Gasteiger partial charge is 0.127 e. The normalized spacial score (nSPS) is 34.6. The van der Waals surface area contributed by atoms with E-state index in [9.17, 15) is 5.11 Å². The van der Waals surface area contributed by atoms with Crippen LogP contribution in [0.25, 0.3) is 10.8 Å². The molecule has 0 aromatic heterocycles. The standard InChI is InChI=1S/C22H27NO/c24-22-17(7-6-16-3-1-2-4-20(16)22)13-23-21-12-15-9-14-5-8-19(21)18(10-14)11-15/h1-4,6-7,14-15,18-19,21,23-24H,5,8-13H2. The van der Waals surface area contributed by atoms with Gasteiger partial charge in [0.05, 0.1) is 0 Å². The lowest BCUT2D eigenvalue weighted by atomic mass is 9.56. The number of hydrogen-bond acceptors (Lipinski definition) is 2. The van der Waals surface area contributed by atoms with Crippen LogP contribution in [-0.4, -0.2) is 11.1 Å². The first-order chi connectivity index (χ1) is 11.8. The van der Waals surface area contributed by atoms with Gasteiger partial charge in [-0.25, -0.2) is 0 Å². The van der Waals surface area contributed by atoms with Crippen LogP contribution in [0.4, 0.5) is 0 Å². The molecule has 5 atom stereocenters. The summed E-state index contributed by atoms with van der Waals surface area (Å²) < 4.78 is 0. The first kappa shape index (κ1) is 14.8. The van der Waals surface area contributed by atoms with Crippen molar-refractivity contribution in [2.24, 2.45) is 23.7 Å². The third-order valence-electron chi connectivity index (χ3n) is 7.10. The highest BCUT2D eigenvalue weighted by atomic mass is 16.3. The van der Waals surface area contributed by atoms with Gasteiger partial charge in [0.1, 0.15) is 5.75 Å². The lowest BCUT2D eigenvalue weighted by Gasteiger charge is -2.52. The summed E-state index contributed by atoms with van der Waals surface area (Å²) in [5.41, 5.74) is 1.04. The summed E-state index contributed by atoms with van der Waals surface area (Å²) in [6.07, 6.45) is 8.68. The molecule has 3 saturated carbocycles. The Morgan fingerprint density at radius 2 is 1.79 bits per heavy atom. The Kier molecular flexibility index (Phi) is 3.55. The Hall–Kier alpha value is -1.54. The quantitative estimate of drug-likeness (QED) is 0.847. The molecule has 126 valence electrons. The van der Waals surface area contributed by atoms with Crippen molar-refractivity contribution in [3.05, 3.63) is 42.0 Å². The second-order valence-electron chi connectivity index (χ2n) is 8.46. The summed E-state index contributed by atoms with van der Waals surface area (Å²) >= 11 is 0. The molecule has 0 radical (unpaired) electrons. The van der Waals surface area contributed by atoms with Gasteiger partial charge in [-0.2, -0.15) is 0 Å². The zero-order chi connectivity index (χ0) is 16.1. The lowest BCUT2D eigenvalue weighted by Crippen LogP contribution is -2.50. The largest absolute Gasteiger partial charge is 0.507 e. The van der Waals surface area contributed by atoms with Crippen molar-refractivity contribution in [1.29, 1.82) is 0 Å². The van der Waals surface area contributed by atoms with E-state index in [1.807, 2.05) is 18.2 Å². The third kappa shape index (κ3) is 2.43. The predicted octanol–water partition coefficient (Wildman–Crippen LogP) is 4.85. The number of hydrogen-bond donors (Lipinski definition) is 2. The molecule has 3 aliphatic carbocycles. The van der Waals surface area contributed by atoms with Gasteiger partial charge < -0.3 is 10.4 Å². The van der Waals surface area contributed by atoms with Crippen LogP contribution in [0, 0.1) is 23.7 Å². The molecule has 0 aliphatic heterocycles. The molecule has 24 heavy (non-hydrogen) atoms. The molecule has 0 amide bonds. The van der Waals surface area contributed by atoms with Crippen LogP contribution in [-0.2, 0) is 6.54 Å². The van der Waals surface area contributed by atoms with Gasteiger partial charge in [-0.1, -0.05) is 42.8 Å².